The van der Waals surface area contributed by atoms with Gasteiger partial charge in [-0.15, -0.1) is 16.4 Å². The molecular formula is C22H21N3O6S2. The van der Waals surface area contributed by atoms with Gasteiger partial charge in [0, 0.05) is 11.0 Å². The number of nitrogens with one attached hydrogen (secondary N) is 1. The number of benzene rings is 1. The number of amides is 1. The first-order valence-electron chi connectivity index (χ1n) is 10.2. The van der Waals surface area contributed by atoms with E-state index in [1.807, 2.05) is 30.3 Å². The number of rotatable bonds is 7. The van der Waals surface area contributed by atoms with Crippen LogP contribution in [-0.4, -0.2) is 43.4 Å². The van der Waals surface area contributed by atoms with Crippen LogP contribution in [0.2, 0.25) is 0 Å². The van der Waals surface area contributed by atoms with Crippen molar-refractivity contribution in [2.75, 3.05) is 18.2 Å². The minimum absolute atomic E-state index is 0.00301. The molecule has 1 aliphatic carbocycles. The van der Waals surface area contributed by atoms with E-state index in [1.54, 1.807) is 6.08 Å². The minimum Gasteiger partial charge on any atom is -0.465 e. The highest BCUT2D eigenvalue weighted by atomic mass is 32.2. The van der Waals surface area contributed by atoms with Gasteiger partial charge in [0.05, 0.1) is 12.7 Å². The maximum atomic E-state index is 12.6. The number of carbonyl (C=O) groups is 2. The largest absolute Gasteiger partial charge is 0.465 e. The van der Waals surface area contributed by atoms with Crippen molar-refractivity contribution in [1.29, 1.82) is 0 Å². The molecule has 0 radical (unpaired) electrons. The zero-order chi connectivity index (χ0) is 23.4. The standard InChI is InChI=1S/C22H21N3O6S2/c1-30-21(27)19-15-9-5-6-10-16(15)32-20(19)23-17(26)13-33(28,29)22-25-24-18(31-22)12-11-14-7-3-2-4-8-14/h2-4,7-8,11-12H,5-6,9-10,13H2,1H3,(H,23,26). The molecule has 9 nitrogen and oxygen atoms in total. The number of hydrogen-bond acceptors (Lipinski definition) is 9. The summed E-state index contributed by atoms with van der Waals surface area (Å²) in [6.45, 7) is 0. The molecule has 0 spiro atoms. The van der Waals surface area contributed by atoms with Gasteiger partial charge in [-0.2, -0.15) is 0 Å². The van der Waals surface area contributed by atoms with Gasteiger partial charge >= 0.3 is 11.2 Å². The van der Waals surface area contributed by atoms with Gasteiger partial charge in [-0.3, -0.25) is 4.79 Å². The van der Waals surface area contributed by atoms with Gasteiger partial charge in [-0.25, -0.2) is 13.2 Å². The Kier molecular flexibility index (Phi) is 6.70. The van der Waals surface area contributed by atoms with Gasteiger partial charge in [0.1, 0.15) is 10.8 Å². The number of hydrogen-bond donors (Lipinski definition) is 1. The molecule has 1 aromatic carbocycles. The summed E-state index contributed by atoms with van der Waals surface area (Å²) in [5.74, 6) is -2.27. The molecule has 1 amide bonds. The molecule has 0 saturated heterocycles. The molecule has 2 aromatic heterocycles. The van der Waals surface area contributed by atoms with E-state index in [4.69, 9.17) is 9.15 Å². The molecule has 1 aliphatic rings. The van der Waals surface area contributed by atoms with Crippen molar-refractivity contribution in [3.05, 3.63) is 57.8 Å². The quantitative estimate of drug-likeness (QED) is 0.502. The summed E-state index contributed by atoms with van der Waals surface area (Å²) in [6, 6.07) is 9.31. The lowest BCUT2D eigenvalue weighted by Crippen LogP contribution is -2.24. The number of aromatic nitrogens is 2. The van der Waals surface area contributed by atoms with Gasteiger partial charge in [0.15, 0.2) is 0 Å². The fourth-order valence-electron chi connectivity index (χ4n) is 3.51. The number of esters is 1. The van der Waals surface area contributed by atoms with E-state index >= 15 is 0 Å². The molecule has 2 heterocycles. The van der Waals surface area contributed by atoms with Crippen molar-refractivity contribution in [2.24, 2.45) is 0 Å². The Morgan fingerprint density at radius 2 is 1.91 bits per heavy atom. The van der Waals surface area contributed by atoms with Crippen LogP contribution in [0.1, 0.15) is 45.1 Å². The number of nitrogens with zero attached hydrogens (tertiary/aromatic N) is 2. The van der Waals surface area contributed by atoms with Crippen molar-refractivity contribution >= 4 is 50.2 Å². The SMILES string of the molecule is COC(=O)c1c(NC(=O)CS(=O)(=O)c2nnc(C=Cc3ccccc3)o2)sc2c1CCCC2. The number of sulfone groups is 1. The summed E-state index contributed by atoms with van der Waals surface area (Å²) in [5, 5.41) is 9.48. The molecule has 0 bridgehead atoms. The van der Waals surface area contributed by atoms with Crippen LogP contribution < -0.4 is 5.32 Å². The maximum absolute atomic E-state index is 12.6. The number of methoxy groups -OCH3 is 1. The Labute approximate surface area is 194 Å². The van der Waals surface area contributed by atoms with E-state index in [1.165, 1.54) is 24.5 Å². The van der Waals surface area contributed by atoms with E-state index in [2.05, 4.69) is 15.5 Å². The van der Waals surface area contributed by atoms with Crippen LogP contribution in [0.25, 0.3) is 12.2 Å². The minimum atomic E-state index is -4.18. The number of ether oxygens (including phenoxy) is 1. The van der Waals surface area contributed by atoms with Crippen LogP contribution in [0.4, 0.5) is 5.00 Å². The number of carbonyl (C=O) groups excluding carboxylic acids is 2. The lowest BCUT2D eigenvalue weighted by Gasteiger charge is -2.11. The van der Waals surface area contributed by atoms with Gasteiger partial charge in [0.2, 0.25) is 21.6 Å². The molecule has 3 aromatic rings. The molecule has 1 N–H and O–H groups in total. The predicted octanol–water partition coefficient (Wildman–Crippen LogP) is 3.38. The molecule has 172 valence electrons. The third kappa shape index (κ3) is 5.20. The number of fused-ring (bicyclic) bond motifs is 1. The van der Waals surface area contributed by atoms with Crippen LogP contribution in [0, 0.1) is 0 Å². The Hall–Kier alpha value is -3.31. The second-order valence-electron chi connectivity index (χ2n) is 7.36. The first kappa shape index (κ1) is 22.9. The van der Waals surface area contributed by atoms with Crippen molar-refractivity contribution in [3.8, 4) is 0 Å². The Balaban J connectivity index is 1.48. The number of thiophene rings is 1. The van der Waals surface area contributed by atoms with Crippen LogP contribution in [0.5, 0.6) is 0 Å². The Bertz CT molecular complexity index is 1310. The molecule has 0 atom stereocenters. The molecule has 0 unspecified atom stereocenters. The lowest BCUT2D eigenvalue weighted by atomic mass is 9.95. The average molecular weight is 488 g/mol. The second-order valence-corrected chi connectivity index (χ2v) is 10.3. The summed E-state index contributed by atoms with van der Waals surface area (Å²) < 4.78 is 35.3. The maximum Gasteiger partial charge on any atom is 0.341 e. The number of anilines is 1. The normalized spacial score (nSPS) is 13.6. The Morgan fingerprint density at radius 3 is 2.67 bits per heavy atom. The molecule has 4 rings (SSSR count). The van der Waals surface area contributed by atoms with Crippen LogP contribution in [0.3, 0.4) is 0 Å². The van der Waals surface area contributed by atoms with E-state index in [9.17, 15) is 18.0 Å². The van der Waals surface area contributed by atoms with E-state index in [0.29, 0.717) is 17.0 Å². The first-order chi connectivity index (χ1) is 15.9. The average Bonchev–Trinajstić information content (AvgIpc) is 3.42. The molecule has 0 fully saturated rings. The van der Waals surface area contributed by atoms with E-state index in [0.717, 1.165) is 35.3 Å². The summed E-state index contributed by atoms with van der Waals surface area (Å²) in [5.41, 5.74) is 2.04. The fraction of sp³-hybridized carbons (Fsp3) is 0.273. The highest BCUT2D eigenvalue weighted by Crippen LogP contribution is 2.38. The highest BCUT2D eigenvalue weighted by Gasteiger charge is 2.30. The summed E-state index contributed by atoms with van der Waals surface area (Å²) in [4.78, 5) is 25.9. The monoisotopic (exact) mass is 487 g/mol. The third-order valence-corrected chi connectivity index (χ3v) is 7.59. The van der Waals surface area contributed by atoms with Gasteiger partial charge in [0.25, 0.3) is 0 Å². The highest BCUT2D eigenvalue weighted by molar-refractivity contribution is 7.91. The predicted molar refractivity (Wildman–Crippen MR) is 123 cm³/mol. The molecule has 11 heteroatoms. The van der Waals surface area contributed by atoms with Gasteiger partial charge < -0.3 is 14.5 Å². The first-order valence-corrected chi connectivity index (χ1v) is 12.7. The summed E-state index contributed by atoms with van der Waals surface area (Å²) in [6.07, 6.45) is 6.64. The topological polar surface area (TPSA) is 128 Å². The van der Waals surface area contributed by atoms with Crippen molar-refractivity contribution in [3.63, 3.8) is 0 Å². The molecule has 33 heavy (non-hydrogen) atoms. The van der Waals surface area contributed by atoms with Crippen LogP contribution in [-0.2, 0) is 32.2 Å². The van der Waals surface area contributed by atoms with Crippen molar-refractivity contribution in [1.82, 2.24) is 10.2 Å². The zero-order valence-corrected chi connectivity index (χ0v) is 19.4. The molecular weight excluding hydrogens is 466 g/mol. The van der Waals surface area contributed by atoms with Crippen molar-refractivity contribution in [2.45, 2.75) is 30.9 Å². The molecule has 0 saturated carbocycles. The van der Waals surface area contributed by atoms with Crippen molar-refractivity contribution < 1.29 is 27.2 Å². The zero-order valence-electron chi connectivity index (χ0n) is 17.7. The Morgan fingerprint density at radius 1 is 1.15 bits per heavy atom. The van der Waals surface area contributed by atoms with Gasteiger partial charge in [-0.05, 0) is 42.9 Å². The van der Waals surface area contributed by atoms with Crippen LogP contribution in [0.15, 0.2) is 40.0 Å². The molecule has 0 aliphatic heterocycles. The smallest absolute Gasteiger partial charge is 0.341 e. The third-order valence-electron chi connectivity index (χ3n) is 5.04. The summed E-state index contributed by atoms with van der Waals surface area (Å²) in [7, 11) is -2.91. The van der Waals surface area contributed by atoms with Gasteiger partial charge in [-0.1, -0.05) is 35.4 Å². The van der Waals surface area contributed by atoms with E-state index in [-0.39, 0.29) is 5.89 Å². The number of aryl methyl sites for hydroxylation is 1. The fourth-order valence-corrected chi connectivity index (χ4v) is 5.73. The lowest BCUT2D eigenvalue weighted by molar-refractivity contribution is -0.113. The summed E-state index contributed by atoms with van der Waals surface area (Å²) >= 11 is 1.28. The van der Waals surface area contributed by atoms with Crippen LogP contribution >= 0.6 is 11.3 Å². The second kappa shape index (κ2) is 9.67. The van der Waals surface area contributed by atoms with E-state index < -0.39 is 32.7 Å².